The minimum absolute atomic E-state index is 0.367. The van der Waals surface area contributed by atoms with Crippen LogP contribution in [0.2, 0.25) is 0 Å². The van der Waals surface area contributed by atoms with Crippen molar-refractivity contribution in [3.05, 3.63) is 77.7 Å². The van der Waals surface area contributed by atoms with E-state index in [2.05, 4.69) is 55.4 Å². The first-order valence-electron chi connectivity index (χ1n) is 10.8. The zero-order valence-electron chi connectivity index (χ0n) is 19.1. The summed E-state index contributed by atoms with van der Waals surface area (Å²) in [5.41, 5.74) is 4.79. The zero-order chi connectivity index (χ0) is 22.1. The number of hydrogen-bond donors (Lipinski definition) is 0. The first kappa shape index (κ1) is 20.9. The predicted molar refractivity (Wildman–Crippen MR) is 125 cm³/mol. The summed E-state index contributed by atoms with van der Waals surface area (Å²) in [6, 6.07) is 14.5. The average Bonchev–Trinajstić information content (AvgIpc) is 3.34. The van der Waals surface area contributed by atoms with Crippen molar-refractivity contribution in [2.75, 3.05) is 0 Å². The zero-order valence-corrected chi connectivity index (χ0v) is 19.1. The number of rotatable bonds is 6. The third-order valence-electron chi connectivity index (χ3n) is 5.60. The van der Waals surface area contributed by atoms with Crippen LogP contribution < -0.4 is 4.74 Å². The molecule has 5 nitrogen and oxygen atoms in total. The van der Waals surface area contributed by atoms with Gasteiger partial charge < -0.3 is 9.30 Å². The van der Waals surface area contributed by atoms with Crippen LogP contribution in [0, 0.1) is 6.92 Å². The van der Waals surface area contributed by atoms with Gasteiger partial charge in [0.1, 0.15) is 5.75 Å². The van der Waals surface area contributed by atoms with E-state index in [0.717, 1.165) is 28.6 Å². The molecule has 2 aromatic heterocycles. The van der Waals surface area contributed by atoms with Crippen LogP contribution in [-0.2, 0) is 7.05 Å². The molecule has 0 aliphatic heterocycles. The highest BCUT2D eigenvalue weighted by atomic mass is 16.5. The van der Waals surface area contributed by atoms with Crippen molar-refractivity contribution in [2.24, 2.45) is 7.05 Å². The molecular formula is C26H30N4O. The summed E-state index contributed by atoms with van der Waals surface area (Å²) < 4.78 is 10.4. The molecular weight excluding hydrogens is 384 g/mol. The van der Waals surface area contributed by atoms with Crippen molar-refractivity contribution in [3.63, 3.8) is 0 Å². The van der Waals surface area contributed by atoms with Crippen LogP contribution in [0.3, 0.4) is 0 Å². The Labute approximate surface area is 184 Å². The molecule has 5 heteroatoms. The number of hydrogen-bond acceptors (Lipinski definition) is 3. The Morgan fingerprint density at radius 2 is 1.55 bits per heavy atom. The fourth-order valence-electron chi connectivity index (χ4n) is 3.89. The highest BCUT2D eigenvalue weighted by molar-refractivity contribution is 5.59. The van der Waals surface area contributed by atoms with Crippen molar-refractivity contribution in [1.29, 1.82) is 0 Å². The second kappa shape index (κ2) is 8.42. The largest absolute Gasteiger partial charge is 0.437 e. The van der Waals surface area contributed by atoms with E-state index < -0.39 is 0 Å². The van der Waals surface area contributed by atoms with E-state index in [0.29, 0.717) is 17.7 Å². The molecule has 0 atom stereocenters. The van der Waals surface area contributed by atoms with Crippen LogP contribution in [0.25, 0.3) is 17.3 Å². The van der Waals surface area contributed by atoms with Crippen LogP contribution in [-0.4, -0.2) is 19.1 Å². The number of ether oxygens (including phenoxy) is 1. The summed E-state index contributed by atoms with van der Waals surface area (Å²) in [5, 5.41) is 0. The summed E-state index contributed by atoms with van der Waals surface area (Å²) in [6.07, 6.45) is 5.73. The minimum Gasteiger partial charge on any atom is -0.437 e. The predicted octanol–water partition coefficient (Wildman–Crippen LogP) is 6.62. The molecule has 31 heavy (non-hydrogen) atoms. The molecule has 4 rings (SSSR count). The molecule has 0 spiro atoms. The summed E-state index contributed by atoms with van der Waals surface area (Å²) in [5.74, 6) is 3.66. The lowest BCUT2D eigenvalue weighted by Gasteiger charge is -2.21. The van der Waals surface area contributed by atoms with Gasteiger partial charge in [-0.15, -0.1) is 0 Å². The van der Waals surface area contributed by atoms with Gasteiger partial charge in [-0.25, -0.2) is 4.98 Å². The van der Waals surface area contributed by atoms with Gasteiger partial charge >= 0.3 is 0 Å². The van der Waals surface area contributed by atoms with Gasteiger partial charge in [-0.2, -0.15) is 4.98 Å². The maximum absolute atomic E-state index is 6.22. The second-order valence-electron chi connectivity index (χ2n) is 8.60. The number of benzene rings is 2. The van der Waals surface area contributed by atoms with Gasteiger partial charge in [-0.1, -0.05) is 64.1 Å². The molecule has 0 unspecified atom stereocenters. The Bertz CT molecular complexity index is 1170. The third kappa shape index (κ3) is 4.00. The van der Waals surface area contributed by atoms with Gasteiger partial charge in [0.25, 0.3) is 0 Å². The van der Waals surface area contributed by atoms with Gasteiger partial charge in [-0.05, 0) is 41.5 Å². The third-order valence-corrected chi connectivity index (χ3v) is 5.60. The van der Waals surface area contributed by atoms with Gasteiger partial charge in [0.2, 0.25) is 5.88 Å². The lowest BCUT2D eigenvalue weighted by atomic mass is 9.92. The molecule has 2 heterocycles. The van der Waals surface area contributed by atoms with Crippen LogP contribution >= 0.6 is 0 Å². The minimum atomic E-state index is 0.367. The molecule has 0 N–H and O–H groups in total. The van der Waals surface area contributed by atoms with Gasteiger partial charge in [0, 0.05) is 19.4 Å². The van der Waals surface area contributed by atoms with E-state index in [4.69, 9.17) is 9.72 Å². The first-order valence-corrected chi connectivity index (χ1v) is 10.8. The molecule has 2 aromatic carbocycles. The second-order valence-corrected chi connectivity index (χ2v) is 8.60. The van der Waals surface area contributed by atoms with E-state index in [9.17, 15) is 0 Å². The highest BCUT2D eigenvalue weighted by Crippen LogP contribution is 2.36. The molecule has 0 aliphatic rings. The van der Waals surface area contributed by atoms with E-state index in [-0.39, 0.29) is 0 Å². The summed E-state index contributed by atoms with van der Waals surface area (Å²) in [7, 11) is 1.99. The molecule has 0 saturated carbocycles. The summed E-state index contributed by atoms with van der Waals surface area (Å²) >= 11 is 0. The van der Waals surface area contributed by atoms with Crippen molar-refractivity contribution in [3.8, 4) is 29.0 Å². The summed E-state index contributed by atoms with van der Waals surface area (Å²) in [4.78, 5) is 9.47. The average molecular weight is 415 g/mol. The van der Waals surface area contributed by atoms with Crippen LogP contribution in [0.4, 0.5) is 0 Å². The van der Waals surface area contributed by atoms with Gasteiger partial charge in [0.15, 0.2) is 11.6 Å². The van der Waals surface area contributed by atoms with E-state index >= 15 is 0 Å². The number of aromatic nitrogens is 4. The normalized spacial score (nSPS) is 11.5. The fraction of sp³-hybridized carbons (Fsp3) is 0.308. The van der Waals surface area contributed by atoms with E-state index in [1.807, 2.05) is 55.2 Å². The quantitative estimate of drug-likeness (QED) is 0.356. The standard InChI is InChI=1S/C26H30N4O/c1-17(2)20-11-9-12-21(18(3)4)24(20)30-16-23(31-22-13-8-7-10-19(22)5)28-26(30)25-27-14-15-29(25)6/h7-18H,1-6H3. The fourth-order valence-corrected chi connectivity index (χ4v) is 3.89. The maximum atomic E-state index is 6.22. The number of imidazole rings is 2. The molecule has 0 amide bonds. The van der Waals surface area contributed by atoms with Crippen LogP contribution in [0.15, 0.2) is 61.1 Å². The molecule has 0 bridgehead atoms. The topological polar surface area (TPSA) is 44.9 Å². The van der Waals surface area contributed by atoms with Gasteiger partial charge in [-0.3, -0.25) is 4.57 Å². The van der Waals surface area contributed by atoms with Crippen LogP contribution in [0.5, 0.6) is 11.6 Å². The number of aryl methyl sites for hydroxylation is 2. The van der Waals surface area contributed by atoms with Crippen molar-refractivity contribution < 1.29 is 4.74 Å². The number of nitrogens with zero attached hydrogens (tertiary/aromatic N) is 4. The molecule has 0 radical (unpaired) electrons. The molecule has 4 aromatic rings. The maximum Gasteiger partial charge on any atom is 0.238 e. The van der Waals surface area contributed by atoms with Crippen molar-refractivity contribution in [2.45, 2.75) is 46.5 Å². The van der Waals surface area contributed by atoms with Crippen LogP contribution in [0.1, 0.15) is 56.2 Å². The Balaban J connectivity index is 1.95. The smallest absolute Gasteiger partial charge is 0.238 e. The lowest BCUT2D eigenvalue weighted by Crippen LogP contribution is -2.09. The SMILES string of the molecule is Cc1ccccc1Oc1cn(-c2c(C(C)C)cccc2C(C)C)c(-c2nccn2C)n1. The van der Waals surface area contributed by atoms with Gasteiger partial charge in [0.05, 0.1) is 11.9 Å². The monoisotopic (exact) mass is 414 g/mol. The Morgan fingerprint density at radius 3 is 2.13 bits per heavy atom. The first-order chi connectivity index (χ1) is 14.9. The van der Waals surface area contributed by atoms with Crippen molar-refractivity contribution in [1.82, 2.24) is 19.1 Å². The van der Waals surface area contributed by atoms with Crippen molar-refractivity contribution >= 4 is 0 Å². The van der Waals surface area contributed by atoms with E-state index in [1.54, 1.807) is 6.20 Å². The molecule has 0 fully saturated rings. The number of para-hydroxylation sites is 2. The Kier molecular flexibility index (Phi) is 5.68. The lowest BCUT2D eigenvalue weighted by molar-refractivity contribution is 0.462. The summed E-state index contributed by atoms with van der Waals surface area (Å²) in [6.45, 7) is 10.9. The molecule has 0 aliphatic carbocycles. The molecule has 160 valence electrons. The van der Waals surface area contributed by atoms with E-state index in [1.165, 1.54) is 11.1 Å². The highest BCUT2D eigenvalue weighted by Gasteiger charge is 2.22. The Morgan fingerprint density at radius 1 is 0.871 bits per heavy atom. The molecule has 0 saturated heterocycles. The Hall–Kier alpha value is -3.34.